The second-order valence-corrected chi connectivity index (χ2v) is 9.33. The Bertz CT molecular complexity index is 712. The van der Waals surface area contributed by atoms with E-state index in [-0.39, 0.29) is 6.54 Å². The van der Waals surface area contributed by atoms with E-state index in [1.807, 2.05) is 18.2 Å². The average Bonchev–Trinajstić information content (AvgIpc) is 2.34. The predicted molar refractivity (Wildman–Crippen MR) is 81.3 cm³/mol. The van der Waals surface area contributed by atoms with Crippen molar-refractivity contribution in [2.75, 3.05) is 23.4 Å². The van der Waals surface area contributed by atoms with Gasteiger partial charge in [-0.05, 0) is 24.0 Å². The molecule has 0 saturated carbocycles. The molecule has 20 heavy (non-hydrogen) atoms. The highest BCUT2D eigenvalue weighted by Crippen LogP contribution is 2.33. The van der Waals surface area contributed by atoms with Crippen molar-refractivity contribution in [1.29, 1.82) is 0 Å². The van der Waals surface area contributed by atoms with Gasteiger partial charge in [0.25, 0.3) is 0 Å². The molecular weight excluding hydrogens is 298 g/mol. The van der Waals surface area contributed by atoms with E-state index in [9.17, 15) is 12.6 Å². The van der Waals surface area contributed by atoms with Gasteiger partial charge in [0.05, 0.1) is 15.4 Å². The van der Waals surface area contributed by atoms with Gasteiger partial charge in [0, 0.05) is 25.6 Å². The van der Waals surface area contributed by atoms with Crippen LogP contribution in [0.1, 0.15) is 17.5 Å². The minimum Gasteiger partial charge on any atom is -0.326 e. The first-order valence-electron chi connectivity index (χ1n) is 6.26. The molecule has 0 radical (unpaired) electrons. The summed E-state index contributed by atoms with van der Waals surface area (Å²) in [5.74, 6) is 0. The van der Waals surface area contributed by atoms with Crippen molar-refractivity contribution in [2.45, 2.75) is 19.4 Å². The Balaban J connectivity index is 2.62. The Hall–Kier alpha value is -1.12. The number of hydrogen-bond donors (Lipinski definition) is 1. The molecule has 0 amide bonds. The first kappa shape index (κ1) is 15.3. The van der Waals surface area contributed by atoms with E-state index in [2.05, 4.69) is 3.77 Å². The number of anilines is 1. The Kier molecular flexibility index (Phi) is 4.08. The Morgan fingerprint density at radius 1 is 1.30 bits per heavy atom. The minimum atomic E-state index is -3.96. The van der Waals surface area contributed by atoms with Gasteiger partial charge in [0.15, 0.2) is 0 Å². The predicted octanol–water partition coefficient (Wildman–Crippen LogP) is 0.870. The number of nitrogens with zero attached hydrogens (tertiary/aromatic N) is 2. The van der Waals surface area contributed by atoms with Crippen LogP contribution in [0, 0.1) is 0 Å². The second-order valence-electron chi connectivity index (χ2n) is 5.04. The van der Waals surface area contributed by atoms with Crippen molar-refractivity contribution in [1.82, 2.24) is 0 Å². The zero-order valence-electron chi connectivity index (χ0n) is 11.6. The van der Waals surface area contributed by atoms with Gasteiger partial charge in [-0.15, -0.1) is 0 Å². The smallest absolute Gasteiger partial charge is 0.326 e. The Labute approximate surface area is 120 Å². The molecule has 1 aliphatic heterocycles. The van der Waals surface area contributed by atoms with Gasteiger partial charge in [-0.25, -0.2) is 4.21 Å². The van der Waals surface area contributed by atoms with Gasteiger partial charge >= 0.3 is 10.2 Å². The molecular formula is C12H19N3O3S2. The number of aryl methyl sites for hydroxylation is 1. The first-order chi connectivity index (χ1) is 9.24. The molecule has 112 valence electrons. The standard InChI is InChI=1S/C12H19N3O3S2/c1-19(2,16)14-20(17,18)15-8-4-7-10-5-3-6-11(9-13)12(10)15/h3,5-6H,4,7-9,13H2,1-2H3. The maximum Gasteiger partial charge on any atom is 0.352 e. The van der Waals surface area contributed by atoms with Crippen LogP contribution in [0.5, 0.6) is 0 Å². The molecule has 2 rings (SSSR count). The maximum absolute atomic E-state index is 12.4. The zero-order valence-corrected chi connectivity index (χ0v) is 13.2. The fourth-order valence-corrected chi connectivity index (χ4v) is 5.32. The highest BCUT2D eigenvalue weighted by atomic mass is 32.3. The van der Waals surface area contributed by atoms with Crippen LogP contribution in [0.15, 0.2) is 22.0 Å². The van der Waals surface area contributed by atoms with Crippen molar-refractivity contribution in [2.24, 2.45) is 9.50 Å². The monoisotopic (exact) mass is 317 g/mol. The molecule has 1 aromatic rings. The number of nitrogens with two attached hydrogens (primary N) is 1. The molecule has 0 unspecified atom stereocenters. The first-order valence-corrected chi connectivity index (χ1v) is 9.99. The summed E-state index contributed by atoms with van der Waals surface area (Å²) in [6, 6.07) is 5.57. The molecule has 0 bridgehead atoms. The van der Waals surface area contributed by atoms with Crippen molar-refractivity contribution in [3.63, 3.8) is 0 Å². The van der Waals surface area contributed by atoms with Crippen LogP contribution in [-0.4, -0.2) is 31.7 Å². The van der Waals surface area contributed by atoms with E-state index < -0.39 is 19.9 Å². The quantitative estimate of drug-likeness (QED) is 0.895. The van der Waals surface area contributed by atoms with Crippen LogP contribution < -0.4 is 10.0 Å². The van der Waals surface area contributed by atoms with E-state index in [0.29, 0.717) is 18.7 Å². The number of para-hydroxylation sites is 1. The van der Waals surface area contributed by atoms with Crippen LogP contribution in [0.25, 0.3) is 0 Å². The highest BCUT2D eigenvalue weighted by Gasteiger charge is 2.29. The lowest BCUT2D eigenvalue weighted by Gasteiger charge is -2.30. The molecule has 0 spiro atoms. The molecule has 1 heterocycles. The number of rotatable bonds is 3. The lowest BCUT2D eigenvalue weighted by Crippen LogP contribution is -2.35. The summed E-state index contributed by atoms with van der Waals surface area (Å²) in [6.07, 6.45) is 4.14. The maximum atomic E-state index is 12.4. The number of benzene rings is 1. The van der Waals surface area contributed by atoms with Crippen LogP contribution in [0.3, 0.4) is 0 Å². The van der Waals surface area contributed by atoms with E-state index in [4.69, 9.17) is 5.73 Å². The van der Waals surface area contributed by atoms with E-state index in [0.717, 1.165) is 17.5 Å². The molecule has 6 nitrogen and oxygen atoms in total. The molecule has 1 aromatic carbocycles. The Morgan fingerprint density at radius 3 is 2.60 bits per heavy atom. The summed E-state index contributed by atoms with van der Waals surface area (Å²) in [4.78, 5) is 0. The van der Waals surface area contributed by atoms with Gasteiger partial charge in [0.2, 0.25) is 0 Å². The summed E-state index contributed by atoms with van der Waals surface area (Å²) in [7, 11) is -6.70. The summed E-state index contributed by atoms with van der Waals surface area (Å²) < 4.78 is 41.2. The summed E-state index contributed by atoms with van der Waals surface area (Å²) >= 11 is 0. The third-order valence-electron chi connectivity index (χ3n) is 3.03. The van der Waals surface area contributed by atoms with Crippen molar-refractivity contribution < 1.29 is 12.6 Å². The van der Waals surface area contributed by atoms with E-state index in [1.54, 1.807) is 0 Å². The lowest BCUT2D eigenvalue weighted by atomic mass is 9.99. The van der Waals surface area contributed by atoms with Gasteiger partial charge in [-0.2, -0.15) is 8.42 Å². The van der Waals surface area contributed by atoms with Crippen molar-refractivity contribution in [3.8, 4) is 0 Å². The van der Waals surface area contributed by atoms with Crippen LogP contribution in [0.4, 0.5) is 5.69 Å². The molecule has 0 saturated heterocycles. The molecule has 0 aliphatic carbocycles. The largest absolute Gasteiger partial charge is 0.352 e. The minimum absolute atomic E-state index is 0.253. The molecule has 0 aromatic heterocycles. The zero-order chi connectivity index (χ0) is 15.0. The third-order valence-corrected chi connectivity index (χ3v) is 6.14. The lowest BCUT2D eigenvalue weighted by molar-refractivity contribution is 0.588. The van der Waals surface area contributed by atoms with Gasteiger partial charge in [-0.1, -0.05) is 22.0 Å². The van der Waals surface area contributed by atoms with Crippen LogP contribution in [-0.2, 0) is 32.9 Å². The molecule has 8 heteroatoms. The van der Waals surface area contributed by atoms with Crippen molar-refractivity contribution >= 4 is 25.6 Å². The topological polar surface area (TPSA) is 92.8 Å². The molecule has 0 fully saturated rings. The third kappa shape index (κ3) is 3.13. The van der Waals surface area contributed by atoms with E-state index in [1.165, 1.54) is 16.8 Å². The SMILES string of the molecule is CS(C)(=O)=NS(=O)(=O)N1CCCc2cccc(CN)c21. The summed E-state index contributed by atoms with van der Waals surface area (Å²) in [5, 5.41) is 0. The highest BCUT2D eigenvalue weighted by molar-refractivity contribution is 8.03. The average molecular weight is 317 g/mol. The summed E-state index contributed by atoms with van der Waals surface area (Å²) in [6.45, 7) is 0.591. The molecule has 0 atom stereocenters. The van der Waals surface area contributed by atoms with Gasteiger partial charge in [-0.3, -0.25) is 4.31 Å². The van der Waals surface area contributed by atoms with Gasteiger partial charge < -0.3 is 5.73 Å². The van der Waals surface area contributed by atoms with E-state index >= 15 is 0 Å². The van der Waals surface area contributed by atoms with Gasteiger partial charge in [0.1, 0.15) is 0 Å². The normalized spacial score (nSPS) is 15.8. The van der Waals surface area contributed by atoms with Crippen LogP contribution >= 0.6 is 0 Å². The Morgan fingerprint density at radius 2 is 2.00 bits per heavy atom. The second kappa shape index (κ2) is 5.34. The summed E-state index contributed by atoms with van der Waals surface area (Å²) in [5.41, 5.74) is 8.01. The number of hydrogen-bond acceptors (Lipinski definition) is 4. The molecule has 2 N–H and O–H groups in total. The van der Waals surface area contributed by atoms with Crippen molar-refractivity contribution in [3.05, 3.63) is 29.3 Å². The number of fused-ring (bicyclic) bond motifs is 1. The van der Waals surface area contributed by atoms with Crippen LogP contribution in [0.2, 0.25) is 0 Å². The fraction of sp³-hybridized carbons (Fsp3) is 0.500. The molecule has 1 aliphatic rings. The fourth-order valence-electron chi connectivity index (χ4n) is 2.35.